The Balaban J connectivity index is 0.00000312. The molecule has 0 aliphatic heterocycles. The molecule has 0 fully saturated rings. The Hall–Kier alpha value is -0.970. The lowest BCUT2D eigenvalue weighted by atomic mass is 10.2. The van der Waals surface area contributed by atoms with Gasteiger partial charge in [-0.25, -0.2) is 22.0 Å². The fourth-order valence-corrected chi connectivity index (χ4v) is 5.36. The number of rotatable bonds is 7. The molecule has 0 saturated carbocycles. The molecule has 0 aliphatic carbocycles. The molecule has 1 aromatic carbocycles. The SMILES string of the molecule is CCC(C)NCc1cccc(S(=O)(=O)c2csc(S(N)(=O)=O)c2)c1.Cl. The van der Waals surface area contributed by atoms with E-state index < -0.39 is 19.9 Å². The summed E-state index contributed by atoms with van der Waals surface area (Å²) in [5.41, 5.74) is 0.846. The number of benzene rings is 1. The van der Waals surface area contributed by atoms with Crippen LogP contribution in [0.15, 0.2) is 49.7 Å². The Morgan fingerprint density at radius 3 is 2.40 bits per heavy atom. The van der Waals surface area contributed by atoms with Crippen molar-refractivity contribution in [2.24, 2.45) is 5.14 Å². The molecule has 1 atom stereocenters. The van der Waals surface area contributed by atoms with E-state index in [1.54, 1.807) is 12.1 Å². The second-order valence-corrected chi connectivity index (χ2v) is 10.1. The van der Waals surface area contributed by atoms with E-state index in [-0.39, 0.29) is 26.4 Å². The van der Waals surface area contributed by atoms with Crippen molar-refractivity contribution < 1.29 is 16.8 Å². The van der Waals surface area contributed by atoms with Crippen molar-refractivity contribution in [1.82, 2.24) is 5.32 Å². The van der Waals surface area contributed by atoms with Gasteiger partial charge in [0.05, 0.1) is 9.79 Å². The fourth-order valence-electron chi connectivity index (χ4n) is 1.99. The van der Waals surface area contributed by atoms with E-state index in [2.05, 4.69) is 19.2 Å². The number of halogens is 1. The molecule has 0 saturated heterocycles. The molecule has 0 aliphatic rings. The first-order chi connectivity index (χ1) is 11.1. The van der Waals surface area contributed by atoms with Crippen LogP contribution in [0.1, 0.15) is 25.8 Å². The maximum atomic E-state index is 12.7. The van der Waals surface area contributed by atoms with Crippen LogP contribution in [-0.2, 0) is 26.4 Å². The lowest BCUT2D eigenvalue weighted by Gasteiger charge is -2.12. The van der Waals surface area contributed by atoms with Crippen LogP contribution in [0.2, 0.25) is 0 Å². The molecule has 2 aromatic rings. The van der Waals surface area contributed by atoms with E-state index in [0.717, 1.165) is 29.4 Å². The van der Waals surface area contributed by atoms with Crippen LogP contribution in [0.4, 0.5) is 0 Å². The predicted octanol–water partition coefficient (Wildman–Crippen LogP) is 2.54. The lowest BCUT2D eigenvalue weighted by Crippen LogP contribution is -2.24. The summed E-state index contributed by atoms with van der Waals surface area (Å²) >= 11 is 0.795. The van der Waals surface area contributed by atoms with Gasteiger partial charge in [-0.05, 0) is 37.1 Å². The number of hydrogen-bond donors (Lipinski definition) is 2. The largest absolute Gasteiger partial charge is 0.310 e. The van der Waals surface area contributed by atoms with Crippen LogP contribution in [0.3, 0.4) is 0 Å². The number of primary sulfonamides is 1. The van der Waals surface area contributed by atoms with Gasteiger partial charge in [0.25, 0.3) is 0 Å². The fraction of sp³-hybridized carbons (Fsp3) is 0.333. The second kappa shape index (κ2) is 8.61. The molecule has 0 spiro atoms. The van der Waals surface area contributed by atoms with Crippen LogP contribution in [0.25, 0.3) is 0 Å². The van der Waals surface area contributed by atoms with Crippen LogP contribution < -0.4 is 10.5 Å². The molecule has 2 rings (SSSR count). The Morgan fingerprint density at radius 2 is 1.84 bits per heavy atom. The molecule has 140 valence electrons. The molecule has 1 unspecified atom stereocenters. The van der Waals surface area contributed by atoms with Crippen molar-refractivity contribution in [3.05, 3.63) is 41.3 Å². The van der Waals surface area contributed by atoms with Gasteiger partial charge in [0, 0.05) is 18.0 Å². The molecule has 0 amide bonds. The summed E-state index contributed by atoms with van der Waals surface area (Å²) in [7, 11) is -7.69. The third kappa shape index (κ3) is 5.50. The molecule has 0 bridgehead atoms. The van der Waals surface area contributed by atoms with Crippen molar-refractivity contribution >= 4 is 43.6 Å². The molecule has 25 heavy (non-hydrogen) atoms. The van der Waals surface area contributed by atoms with Crippen LogP contribution in [0, 0.1) is 0 Å². The Bertz CT molecular complexity index is 924. The van der Waals surface area contributed by atoms with Gasteiger partial charge in [0.15, 0.2) is 0 Å². The lowest BCUT2D eigenvalue weighted by molar-refractivity contribution is 0.533. The Labute approximate surface area is 158 Å². The highest BCUT2D eigenvalue weighted by Crippen LogP contribution is 2.28. The minimum absolute atomic E-state index is 0. The third-order valence-corrected chi connectivity index (χ3v) is 7.88. The molecule has 6 nitrogen and oxygen atoms in total. The normalized spacial score (nSPS) is 13.2. The van der Waals surface area contributed by atoms with Gasteiger partial charge in [-0.15, -0.1) is 23.7 Å². The van der Waals surface area contributed by atoms with E-state index in [4.69, 9.17) is 5.14 Å². The van der Waals surface area contributed by atoms with Gasteiger partial charge in [-0.2, -0.15) is 0 Å². The van der Waals surface area contributed by atoms with E-state index >= 15 is 0 Å². The summed E-state index contributed by atoms with van der Waals surface area (Å²) in [6, 6.07) is 8.04. The highest BCUT2D eigenvalue weighted by Gasteiger charge is 2.22. The standard InChI is InChI=1S/C15H20N2O4S3.ClH/c1-3-11(2)17-9-12-5-4-6-13(7-12)23(18,19)14-8-15(22-10-14)24(16,20)21;/h4-8,10-11,17H,3,9H2,1-2H3,(H2,16,20,21);1H. The number of sulfonamides is 1. The predicted molar refractivity (Wildman–Crippen MR) is 101 cm³/mol. The minimum Gasteiger partial charge on any atom is -0.310 e. The highest BCUT2D eigenvalue weighted by molar-refractivity contribution is 7.92. The molecular formula is C15H21ClN2O4S3. The van der Waals surface area contributed by atoms with Gasteiger partial charge < -0.3 is 5.32 Å². The van der Waals surface area contributed by atoms with Crippen molar-refractivity contribution in [3.63, 3.8) is 0 Å². The average Bonchev–Trinajstić information content (AvgIpc) is 3.04. The molecule has 1 heterocycles. The van der Waals surface area contributed by atoms with Gasteiger partial charge in [0.1, 0.15) is 4.21 Å². The van der Waals surface area contributed by atoms with E-state index in [1.165, 1.54) is 11.4 Å². The van der Waals surface area contributed by atoms with Gasteiger partial charge in [-0.3, -0.25) is 0 Å². The summed E-state index contributed by atoms with van der Waals surface area (Å²) in [5.74, 6) is 0. The summed E-state index contributed by atoms with van der Waals surface area (Å²) < 4.78 is 47.8. The first kappa shape index (κ1) is 22.1. The molecule has 0 radical (unpaired) electrons. The summed E-state index contributed by atoms with van der Waals surface area (Å²) in [5, 5.41) is 9.63. The quantitative estimate of drug-likeness (QED) is 0.710. The van der Waals surface area contributed by atoms with Crippen LogP contribution in [0.5, 0.6) is 0 Å². The zero-order valence-electron chi connectivity index (χ0n) is 13.8. The Kier molecular flexibility index (Phi) is 7.60. The first-order valence-corrected chi connectivity index (χ1v) is 11.2. The van der Waals surface area contributed by atoms with Gasteiger partial charge in [-0.1, -0.05) is 19.1 Å². The monoisotopic (exact) mass is 424 g/mol. The van der Waals surface area contributed by atoms with Crippen molar-refractivity contribution in [3.8, 4) is 0 Å². The second-order valence-electron chi connectivity index (χ2n) is 5.49. The molecule has 1 aromatic heterocycles. The average molecular weight is 425 g/mol. The minimum atomic E-state index is -3.91. The molecule has 10 heteroatoms. The van der Waals surface area contributed by atoms with Gasteiger partial charge in [0.2, 0.25) is 19.9 Å². The van der Waals surface area contributed by atoms with Crippen molar-refractivity contribution in [2.45, 2.75) is 46.9 Å². The zero-order chi connectivity index (χ0) is 18.0. The first-order valence-electron chi connectivity index (χ1n) is 7.33. The van der Waals surface area contributed by atoms with Crippen molar-refractivity contribution in [2.75, 3.05) is 0 Å². The molecular weight excluding hydrogens is 404 g/mol. The maximum Gasteiger partial charge on any atom is 0.247 e. The molecule has 3 N–H and O–H groups in total. The van der Waals surface area contributed by atoms with Crippen LogP contribution in [-0.4, -0.2) is 22.9 Å². The number of sulfone groups is 1. The number of hydrogen-bond acceptors (Lipinski definition) is 6. The van der Waals surface area contributed by atoms with E-state index in [0.29, 0.717) is 12.6 Å². The third-order valence-electron chi connectivity index (χ3n) is 3.62. The Morgan fingerprint density at radius 1 is 1.16 bits per heavy atom. The highest BCUT2D eigenvalue weighted by atomic mass is 35.5. The number of nitrogens with two attached hydrogens (primary N) is 1. The van der Waals surface area contributed by atoms with Crippen LogP contribution >= 0.6 is 23.7 Å². The summed E-state index contributed by atoms with van der Waals surface area (Å²) in [6.07, 6.45) is 0.975. The van der Waals surface area contributed by atoms with Gasteiger partial charge >= 0.3 is 0 Å². The number of nitrogens with one attached hydrogen (secondary N) is 1. The van der Waals surface area contributed by atoms with E-state index in [9.17, 15) is 16.8 Å². The van der Waals surface area contributed by atoms with E-state index in [1.807, 2.05) is 6.07 Å². The topological polar surface area (TPSA) is 106 Å². The summed E-state index contributed by atoms with van der Waals surface area (Å²) in [6.45, 7) is 4.68. The summed E-state index contributed by atoms with van der Waals surface area (Å²) in [4.78, 5) is 0.0632. The smallest absolute Gasteiger partial charge is 0.247 e. The van der Waals surface area contributed by atoms with Crippen molar-refractivity contribution in [1.29, 1.82) is 0 Å². The maximum absolute atomic E-state index is 12.7. The zero-order valence-corrected chi connectivity index (χ0v) is 17.1. The number of thiophene rings is 1.